The van der Waals surface area contributed by atoms with Gasteiger partial charge < -0.3 is 10.1 Å². The average Bonchev–Trinajstić information content (AvgIpc) is 2.46. The van der Waals surface area contributed by atoms with Crippen LogP contribution in [0.5, 0.6) is 0 Å². The van der Waals surface area contributed by atoms with Gasteiger partial charge in [0.05, 0.1) is 5.92 Å². The molecule has 1 rings (SSSR count). The minimum absolute atomic E-state index is 0.328. The molecule has 0 aliphatic heterocycles. The molecule has 4 heteroatoms. The number of aromatic nitrogens is 2. The molecule has 0 amide bonds. The number of hydrogen-bond acceptors (Lipinski definition) is 2. The first kappa shape index (κ1) is 9.77. The van der Waals surface area contributed by atoms with E-state index in [1.165, 1.54) is 0 Å². The summed E-state index contributed by atoms with van der Waals surface area (Å²) in [6, 6.07) is 0. The molecule has 4 nitrogen and oxygen atoms in total. The van der Waals surface area contributed by atoms with Gasteiger partial charge in [0.25, 0.3) is 0 Å². The van der Waals surface area contributed by atoms with Crippen LogP contribution in [0, 0.1) is 12.8 Å². The first-order chi connectivity index (χ1) is 6.13. The van der Waals surface area contributed by atoms with Crippen molar-refractivity contribution in [2.45, 2.75) is 26.7 Å². The van der Waals surface area contributed by atoms with Crippen LogP contribution in [0.4, 0.5) is 0 Å². The molecule has 1 aromatic heterocycles. The molecule has 0 radical (unpaired) electrons. The number of carbonyl (C=O) groups is 1. The Bertz CT molecular complexity index is 294. The molecular weight excluding hydrogens is 168 g/mol. The summed E-state index contributed by atoms with van der Waals surface area (Å²) < 4.78 is 0. The third-order valence-electron chi connectivity index (χ3n) is 2.04. The Hall–Kier alpha value is -1.32. The van der Waals surface area contributed by atoms with Gasteiger partial charge in [0, 0.05) is 18.3 Å². The van der Waals surface area contributed by atoms with Crippen LogP contribution in [0.1, 0.15) is 24.9 Å². The van der Waals surface area contributed by atoms with Crippen LogP contribution in [-0.2, 0) is 11.2 Å². The Morgan fingerprint density at radius 2 is 2.46 bits per heavy atom. The second-order valence-corrected chi connectivity index (χ2v) is 3.16. The number of rotatable bonds is 4. The SMILES string of the molecule is CCC(Cc1ncc(C)[nH]1)C(=O)O. The molecule has 0 saturated heterocycles. The summed E-state index contributed by atoms with van der Waals surface area (Å²) in [5.74, 6) is -0.325. The smallest absolute Gasteiger partial charge is 0.306 e. The van der Waals surface area contributed by atoms with Crippen molar-refractivity contribution < 1.29 is 9.90 Å². The fourth-order valence-corrected chi connectivity index (χ4v) is 1.21. The molecule has 1 heterocycles. The van der Waals surface area contributed by atoms with Crippen molar-refractivity contribution in [3.8, 4) is 0 Å². The van der Waals surface area contributed by atoms with Gasteiger partial charge in [-0.15, -0.1) is 0 Å². The molecule has 0 bridgehead atoms. The van der Waals surface area contributed by atoms with Crippen molar-refractivity contribution in [2.24, 2.45) is 5.92 Å². The zero-order chi connectivity index (χ0) is 9.84. The van der Waals surface area contributed by atoms with Gasteiger partial charge in [-0.2, -0.15) is 0 Å². The summed E-state index contributed by atoms with van der Waals surface area (Å²) in [5, 5.41) is 8.80. The second-order valence-electron chi connectivity index (χ2n) is 3.16. The standard InChI is InChI=1S/C9H14N2O2/c1-3-7(9(12)13)4-8-10-5-6(2)11-8/h5,7H,3-4H2,1-2H3,(H,10,11)(H,12,13). The first-order valence-corrected chi connectivity index (χ1v) is 4.36. The van der Waals surface area contributed by atoms with E-state index in [4.69, 9.17) is 5.11 Å². The van der Waals surface area contributed by atoms with E-state index < -0.39 is 5.97 Å². The second kappa shape index (κ2) is 4.07. The summed E-state index contributed by atoms with van der Waals surface area (Å²) in [6.45, 7) is 3.77. The summed E-state index contributed by atoms with van der Waals surface area (Å²) in [6.07, 6.45) is 2.83. The van der Waals surface area contributed by atoms with Gasteiger partial charge in [-0.3, -0.25) is 4.79 Å². The lowest BCUT2D eigenvalue weighted by atomic mass is 10.0. The van der Waals surface area contributed by atoms with Gasteiger partial charge in [0.15, 0.2) is 0 Å². The van der Waals surface area contributed by atoms with Gasteiger partial charge >= 0.3 is 5.97 Å². The van der Waals surface area contributed by atoms with Crippen LogP contribution < -0.4 is 0 Å². The van der Waals surface area contributed by atoms with Gasteiger partial charge in [0.2, 0.25) is 0 Å². The molecule has 0 saturated carbocycles. The Morgan fingerprint density at radius 3 is 2.85 bits per heavy atom. The van der Waals surface area contributed by atoms with Crippen molar-refractivity contribution in [1.82, 2.24) is 9.97 Å². The zero-order valence-corrected chi connectivity index (χ0v) is 7.87. The molecule has 1 aromatic rings. The van der Waals surface area contributed by atoms with Crippen LogP contribution in [0.15, 0.2) is 6.20 Å². The van der Waals surface area contributed by atoms with Gasteiger partial charge in [-0.25, -0.2) is 4.98 Å². The van der Waals surface area contributed by atoms with Crippen LogP contribution >= 0.6 is 0 Å². The lowest BCUT2D eigenvalue weighted by molar-refractivity contribution is -0.141. The summed E-state index contributed by atoms with van der Waals surface area (Å²) in [7, 11) is 0. The molecule has 1 atom stereocenters. The predicted octanol–water partition coefficient (Wildman–Crippen LogP) is 1.37. The van der Waals surface area contributed by atoms with Crippen LogP contribution in [-0.4, -0.2) is 21.0 Å². The fourth-order valence-electron chi connectivity index (χ4n) is 1.21. The average molecular weight is 182 g/mol. The Balaban J connectivity index is 2.61. The van der Waals surface area contributed by atoms with Crippen molar-refractivity contribution in [2.75, 3.05) is 0 Å². The molecular formula is C9H14N2O2. The highest BCUT2D eigenvalue weighted by molar-refractivity contribution is 5.70. The summed E-state index contributed by atoms with van der Waals surface area (Å²) in [4.78, 5) is 17.8. The molecule has 13 heavy (non-hydrogen) atoms. The first-order valence-electron chi connectivity index (χ1n) is 4.36. The van der Waals surface area contributed by atoms with Crippen LogP contribution in [0.25, 0.3) is 0 Å². The van der Waals surface area contributed by atoms with Gasteiger partial charge in [-0.05, 0) is 13.3 Å². The van der Waals surface area contributed by atoms with Gasteiger partial charge in [-0.1, -0.05) is 6.92 Å². The maximum absolute atomic E-state index is 10.7. The number of aryl methyl sites for hydroxylation is 1. The highest BCUT2D eigenvalue weighted by Crippen LogP contribution is 2.09. The lowest BCUT2D eigenvalue weighted by Gasteiger charge is -2.06. The molecule has 0 fully saturated rings. The predicted molar refractivity (Wildman–Crippen MR) is 48.4 cm³/mol. The Kier molecular flexibility index (Phi) is 3.06. The van der Waals surface area contributed by atoms with E-state index in [0.29, 0.717) is 12.8 Å². The number of H-pyrrole nitrogens is 1. The molecule has 2 N–H and O–H groups in total. The monoisotopic (exact) mass is 182 g/mol. The van der Waals surface area contributed by atoms with Crippen LogP contribution in [0.2, 0.25) is 0 Å². The van der Waals surface area contributed by atoms with E-state index in [1.54, 1.807) is 6.20 Å². The zero-order valence-electron chi connectivity index (χ0n) is 7.87. The highest BCUT2D eigenvalue weighted by Gasteiger charge is 2.16. The third kappa shape index (κ3) is 2.57. The van der Waals surface area contributed by atoms with Crippen molar-refractivity contribution in [3.63, 3.8) is 0 Å². The van der Waals surface area contributed by atoms with E-state index in [1.807, 2.05) is 13.8 Å². The van der Waals surface area contributed by atoms with E-state index in [2.05, 4.69) is 9.97 Å². The van der Waals surface area contributed by atoms with E-state index in [0.717, 1.165) is 11.5 Å². The van der Waals surface area contributed by atoms with E-state index in [-0.39, 0.29) is 5.92 Å². The third-order valence-corrected chi connectivity index (χ3v) is 2.04. The number of nitrogens with zero attached hydrogens (tertiary/aromatic N) is 1. The summed E-state index contributed by atoms with van der Waals surface area (Å²) >= 11 is 0. The molecule has 0 aromatic carbocycles. The normalized spacial score (nSPS) is 12.8. The maximum atomic E-state index is 10.7. The van der Waals surface area contributed by atoms with Crippen LogP contribution in [0.3, 0.4) is 0 Å². The number of imidazole rings is 1. The number of nitrogens with one attached hydrogen (secondary N) is 1. The van der Waals surface area contributed by atoms with Crippen molar-refractivity contribution in [3.05, 3.63) is 17.7 Å². The molecule has 0 spiro atoms. The number of carboxylic acids is 1. The van der Waals surface area contributed by atoms with Gasteiger partial charge in [0.1, 0.15) is 5.82 Å². The molecule has 0 aliphatic rings. The quantitative estimate of drug-likeness (QED) is 0.739. The number of hydrogen-bond donors (Lipinski definition) is 2. The number of aromatic amines is 1. The largest absolute Gasteiger partial charge is 0.481 e. The minimum atomic E-state index is -0.753. The topological polar surface area (TPSA) is 66.0 Å². The highest BCUT2D eigenvalue weighted by atomic mass is 16.4. The van der Waals surface area contributed by atoms with E-state index >= 15 is 0 Å². The number of carboxylic acid groups (broad SMARTS) is 1. The fraction of sp³-hybridized carbons (Fsp3) is 0.556. The van der Waals surface area contributed by atoms with Crippen molar-refractivity contribution >= 4 is 5.97 Å². The maximum Gasteiger partial charge on any atom is 0.306 e. The van der Waals surface area contributed by atoms with Crippen molar-refractivity contribution in [1.29, 1.82) is 0 Å². The summed E-state index contributed by atoms with van der Waals surface area (Å²) in [5.41, 5.74) is 0.968. The molecule has 1 unspecified atom stereocenters. The Labute approximate surface area is 77.0 Å². The Morgan fingerprint density at radius 1 is 1.77 bits per heavy atom. The van der Waals surface area contributed by atoms with E-state index in [9.17, 15) is 4.79 Å². The molecule has 72 valence electrons. The minimum Gasteiger partial charge on any atom is -0.481 e. The number of aliphatic carboxylic acids is 1. The molecule has 0 aliphatic carbocycles. The lowest BCUT2D eigenvalue weighted by Crippen LogP contribution is -2.16.